The van der Waals surface area contributed by atoms with Gasteiger partial charge in [0.1, 0.15) is 0 Å². The van der Waals surface area contributed by atoms with Crippen LogP contribution in [0.5, 0.6) is 0 Å². The average molecular weight is 436 g/mol. The van der Waals surface area contributed by atoms with Crippen LogP contribution in [0.1, 0.15) is 148 Å². The highest BCUT2D eigenvalue weighted by Crippen LogP contribution is 2.15. The Morgan fingerprint density at radius 1 is 0.346 bits per heavy atom. The van der Waals surface area contributed by atoms with Crippen LogP contribution in [0, 0.1) is 0 Å². The molecule has 0 unspecified atom stereocenters. The zero-order valence-electron chi connectivity index (χ0n) is 18.1. The molecule has 0 aliphatic rings. The Morgan fingerprint density at radius 3 is 0.731 bits per heavy atom. The topological polar surface area (TPSA) is 20.2 Å². The van der Waals surface area contributed by atoms with Crippen LogP contribution in [0.25, 0.3) is 0 Å². The Bertz CT molecular complexity index is 198. The van der Waals surface area contributed by atoms with Crippen LogP contribution in [0.4, 0.5) is 0 Å². The third-order valence-electron chi connectivity index (χ3n) is 5.51. The fraction of sp³-hybridized carbons (Fsp3) is 1.00. The Balaban J connectivity index is 0. The molecule has 0 atom stereocenters. The lowest BCUT2D eigenvalue weighted by molar-refractivity contribution is 0.282. The van der Waals surface area contributed by atoms with E-state index < -0.39 is 0 Å². The van der Waals surface area contributed by atoms with Gasteiger partial charge in [0, 0.05) is 6.61 Å². The zero-order valence-corrected chi connectivity index (χ0v) is 19.8. The fourth-order valence-electron chi connectivity index (χ4n) is 3.72. The van der Waals surface area contributed by atoms with Gasteiger partial charge in [0.2, 0.25) is 0 Å². The molecule has 0 aliphatic heterocycles. The van der Waals surface area contributed by atoms with Crippen molar-refractivity contribution < 1.29 is 5.11 Å². The van der Waals surface area contributed by atoms with Crippen LogP contribution in [-0.2, 0) is 0 Å². The van der Waals surface area contributed by atoms with Crippen molar-refractivity contribution in [2.24, 2.45) is 0 Å². The van der Waals surface area contributed by atoms with Crippen molar-refractivity contribution in [1.82, 2.24) is 0 Å². The minimum absolute atomic E-state index is 0. The van der Waals surface area contributed by atoms with E-state index in [1.807, 2.05) is 0 Å². The van der Waals surface area contributed by atoms with Gasteiger partial charge in [-0.3, -0.25) is 0 Å². The summed E-state index contributed by atoms with van der Waals surface area (Å²) in [4.78, 5) is 0. The van der Waals surface area contributed by atoms with E-state index in [1.165, 1.54) is 135 Å². The Morgan fingerprint density at radius 2 is 0.538 bits per heavy atom. The third-order valence-corrected chi connectivity index (χ3v) is 5.51. The van der Waals surface area contributed by atoms with Gasteiger partial charge in [0.05, 0.1) is 0 Å². The summed E-state index contributed by atoms with van der Waals surface area (Å²) in [6.45, 7) is 2.67. The van der Waals surface area contributed by atoms with Gasteiger partial charge in [0.25, 0.3) is 0 Å². The number of unbranched alkanes of at least 4 members (excludes halogenated alkanes) is 21. The van der Waals surface area contributed by atoms with E-state index in [0.29, 0.717) is 6.61 Å². The van der Waals surface area contributed by atoms with E-state index in [4.69, 9.17) is 5.11 Å². The second kappa shape index (κ2) is 27.7. The van der Waals surface area contributed by atoms with Crippen molar-refractivity contribution in [1.29, 1.82) is 0 Å². The van der Waals surface area contributed by atoms with E-state index in [1.54, 1.807) is 0 Å². The molecule has 26 heavy (non-hydrogen) atoms. The molecule has 0 aromatic heterocycles. The van der Waals surface area contributed by atoms with Crippen LogP contribution in [-0.4, -0.2) is 11.7 Å². The zero-order chi connectivity index (χ0) is 18.3. The molecule has 160 valence electrons. The number of halogens is 1. The normalized spacial score (nSPS) is 10.8. The number of hydrogen-bond acceptors (Lipinski definition) is 1. The molecule has 0 rings (SSSR count). The monoisotopic (exact) mass is 434 g/mol. The Hall–Kier alpha value is 0.440. The smallest absolute Gasteiger partial charge is 0.0431 e. The highest BCUT2D eigenvalue weighted by atomic mass is 79.9. The van der Waals surface area contributed by atoms with E-state index in [9.17, 15) is 0 Å². The summed E-state index contributed by atoms with van der Waals surface area (Å²) >= 11 is 0. The molecular weight excluding hydrogens is 384 g/mol. The van der Waals surface area contributed by atoms with Gasteiger partial charge < -0.3 is 5.11 Å². The molecule has 0 radical (unpaired) electrons. The van der Waals surface area contributed by atoms with Crippen LogP contribution in [0.15, 0.2) is 0 Å². The van der Waals surface area contributed by atoms with Crippen molar-refractivity contribution in [2.45, 2.75) is 148 Å². The summed E-state index contributed by atoms with van der Waals surface area (Å²) in [5.41, 5.74) is 0. The molecular formula is C24H51BrO. The van der Waals surface area contributed by atoms with Crippen LogP contribution >= 0.6 is 17.0 Å². The van der Waals surface area contributed by atoms with Gasteiger partial charge in [0.15, 0.2) is 0 Å². The molecule has 1 N–H and O–H groups in total. The third kappa shape index (κ3) is 26.7. The van der Waals surface area contributed by atoms with E-state index in [2.05, 4.69) is 6.92 Å². The first-order valence-corrected chi connectivity index (χ1v) is 12.0. The molecule has 1 nitrogen and oxygen atoms in total. The first kappa shape index (κ1) is 28.6. The van der Waals surface area contributed by atoms with Crippen LogP contribution < -0.4 is 0 Å². The predicted molar refractivity (Wildman–Crippen MR) is 125 cm³/mol. The Kier molecular flexibility index (Phi) is 30.5. The maximum atomic E-state index is 8.72. The molecule has 0 spiro atoms. The minimum atomic E-state index is 0. The van der Waals surface area contributed by atoms with Crippen molar-refractivity contribution in [3.63, 3.8) is 0 Å². The maximum absolute atomic E-state index is 8.72. The molecule has 0 aromatic carbocycles. The quantitative estimate of drug-likeness (QED) is 0.168. The van der Waals surface area contributed by atoms with E-state index in [-0.39, 0.29) is 17.0 Å². The summed E-state index contributed by atoms with van der Waals surface area (Å²) in [5, 5.41) is 8.72. The standard InChI is InChI=1S/C24H50O.BrH/c1-2-3-4-5-6-7-8-9-10-11-12-13-14-15-16-17-18-19-20-21-22-23-24-25;/h25H,2-24H2,1H3;1H. The summed E-state index contributed by atoms with van der Waals surface area (Å²) < 4.78 is 0. The largest absolute Gasteiger partial charge is 0.396 e. The number of hydrogen-bond donors (Lipinski definition) is 1. The lowest BCUT2D eigenvalue weighted by Gasteiger charge is -2.04. The predicted octanol–water partition coefficient (Wildman–Crippen LogP) is 9.16. The first-order valence-electron chi connectivity index (χ1n) is 12.0. The molecule has 0 amide bonds. The summed E-state index contributed by atoms with van der Waals surface area (Å²) in [7, 11) is 0. The molecule has 0 saturated heterocycles. The lowest BCUT2D eigenvalue weighted by atomic mass is 10.0. The molecule has 0 fully saturated rings. The molecule has 0 heterocycles. The number of aliphatic hydroxyl groups is 1. The van der Waals surface area contributed by atoms with Gasteiger partial charge in [-0.05, 0) is 6.42 Å². The molecule has 2 heteroatoms. The highest BCUT2D eigenvalue weighted by molar-refractivity contribution is 8.93. The Labute approximate surface area is 176 Å². The van der Waals surface area contributed by atoms with Gasteiger partial charge >= 0.3 is 0 Å². The van der Waals surface area contributed by atoms with Crippen molar-refractivity contribution in [2.75, 3.05) is 6.61 Å². The van der Waals surface area contributed by atoms with Gasteiger partial charge in [-0.1, -0.05) is 142 Å². The van der Waals surface area contributed by atoms with Crippen molar-refractivity contribution in [3.05, 3.63) is 0 Å². The number of rotatable bonds is 22. The number of aliphatic hydroxyl groups excluding tert-OH is 1. The lowest BCUT2D eigenvalue weighted by Crippen LogP contribution is -1.85. The SMILES string of the molecule is Br.CCCCCCCCCCCCCCCCCCCCCCCCO. The summed E-state index contributed by atoms with van der Waals surface area (Å²) in [5.74, 6) is 0. The molecule has 0 aliphatic carbocycles. The maximum Gasteiger partial charge on any atom is 0.0431 e. The van der Waals surface area contributed by atoms with Gasteiger partial charge in [-0.15, -0.1) is 17.0 Å². The second-order valence-corrected chi connectivity index (χ2v) is 8.15. The molecule has 0 saturated carbocycles. The minimum Gasteiger partial charge on any atom is -0.396 e. The fourth-order valence-corrected chi connectivity index (χ4v) is 3.72. The summed E-state index contributed by atoms with van der Waals surface area (Å²) in [6, 6.07) is 0. The highest BCUT2D eigenvalue weighted by Gasteiger charge is 1.95. The van der Waals surface area contributed by atoms with Crippen LogP contribution in [0.3, 0.4) is 0 Å². The summed E-state index contributed by atoms with van der Waals surface area (Å²) in [6.07, 6.45) is 31.1. The average Bonchev–Trinajstić information content (AvgIpc) is 2.63. The van der Waals surface area contributed by atoms with Gasteiger partial charge in [-0.25, -0.2) is 0 Å². The molecule has 0 aromatic rings. The van der Waals surface area contributed by atoms with Crippen LogP contribution in [0.2, 0.25) is 0 Å². The first-order chi connectivity index (χ1) is 12.4. The van der Waals surface area contributed by atoms with Crippen molar-refractivity contribution in [3.8, 4) is 0 Å². The van der Waals surface area contributed by atoms with E-state index in [0.717, 1.165) is 6.42 Å². The second-order valence-electron chi connectivity index (χ2n) is 8.15. The molecule has 0 bridgehead atoms. The van der Waals surface area contributed by atoms with Crippen molar-refractivity contribution >= 4 is 17.0 Å². The van der Waals surface area contributed by atoms with E-state index >= 15 is 0 Å². The van der Waals surface area contributed by atoms with Gasteiger partial charge in [-0.2, -0.15) is 0 Å².